The number of benzene rings is 3. The van der Waals surface area contributed by atoms with Crippen LogP contribution >= 0.6 is 0 Å². The smallest absolute Gasteiger partial charge is 0.204 e. The molecule has 0 N–H and O–H groups in total. The predicted octanol–water partition coefficient (Wildman–Crippen LogP) is 9.51. The fraction of sp³-hybridized carbons (Fsp3) is 0.438. The van der Waals surface area contributed by atoms with Gasteiger partial charge in [-0.3, -0.25) is 0 Å². The molecule has 41 heavy (non-hydrogen) atoms. The molecule has 1 fully saturated rings. The second-order valence-electron chi connectivity index (χ2n) is 10.2. The number of unbranched alkanes of at least 4 members (excludes halogenated alkanes) is 2. The summed E-state index contributed by atoms with van der Waals surface area (Å²) < 4.78 is 104. The minimum atomic E-state index is -1.27. The maximum absolute atomic E-state index is 15.1. The third-order valence-electron chi connectivity index (χ3n) is 7.58. The molecule has 0 aliphatic heterocycles. The molecule has 3 aromatic rings. The van der Waals surface area contributed by atoms with Gasteiger partial charge in [-0.25, -0.2) is 13.2 Å². The predicted molar refractivity (Wildman–Crippen MR) is 144 cm³/mol. The molecule has 0 unspecified atom stereocenters. The van der Waals surface area contributed by atoms with E-state index >= 15 is 4.39 Å². The zero-order chi connectivity index (χ0) is 29.5. The Labute approximate surface area is 236 Å². The standard InChI is InChI=1S/C32H34F6O3/c1-3-5-6-17-40-25-15-16-26(32(38)31(25)37)41-18-21-11-12-22(28(34)27(21)33)19-7-9-20(10-8-19)23-13-14-24(39-4-2)30(36)29(23)35/h11-16,19-20H,3-10,17-18H2,1-2H3. The molecule has 1 aliphatic rings. The molecule has 1 aliphatic carbocycles. The summed E-state index contributed by atoms with van der Waals surface area (Å²) in [6.45, 7) is 3.65. The van der Waals surface area contributed by atoms with Gasteiger partial charge in [-0.05, 0) is 80.2 Å². The van der Waals surface area contributed by atoms with Crippen LogP contribution in [0.1, 0.15) is 87.3 Å². The zero-order valence-corrected chi connectivity index (χ0v) is 23.2. The Hall–Kier alpha value is -3.36. The quantitative estimate of drug-likeness (QED) is 0.158. The van der Waals surface area contributed by atoms with Gasteiger partial charge in [-0.15, -0.1) is 0 Å². The fourth-order valence-corrected chi connectivity index (χ4v) is 5.30. The first-order valence-electron chi connectivity index (χ1n) is 14.1. The van der Waals surface area contributed by atoms with Gasteiger partial charge < -0.3 is 14.2 Å². The van der Waals surface area contributed by atoms with Crippen molar-refractivity contribution in [2.24, 2.45) is 0 Å². The highest BCUT2D eigenvalue weighted by molar-refractivity contribution is 5.36. The van der Waals surface area contributed by atoms with Crippen LogP contribution in [-0.4, -0.2) is 13.2 Å². The summed E-state index contributed by atoms with van der Waals surface area (Å²) in [6.07, 6.45) is 4.44. The topological polar surface area (TPSA) is 27.7 Å². The summed E-state index contributed by atoms with van der Waals surface area (Å²) in [5.74, 6) is -7.96. The first-order chi connectivity index (χ1) is 19.8. The Morgan fingerprint density at radius 3 is 1.63 bits per heavy atom. The first-order valence-corrected chi connectivity index (χ1v) is 14.1. The lowest BCUT2D eigenvalue weighted by Crippen LogP contribution is -2.16. The molecule has 9 heteroatoms. The monoisotopic (exact) mass is 580 g/mol. The Morgan fingerprint density at radius 2 is 1.05 bits per heavy atom. The van der Waals surface area contributed by atoms with Crippen LogP contribution in [-0.2, 0) is 6.61 Å². The van der Waals surface area contributed by atoms with E-state index in [1.165, 1.54) is 36.4 Å². The van der Waals surface area contributed by atoms with Gasteiger partial charge in [-0.2, -0.15) is 13.2 Å². The molecule has 0 atom stereocenters. The van der Waals surface area contributed by atoms with Crippen molar-refractivity contribution < 1.29 is 40.6 Å². The average molecular weight is 581 g/mol. The summed E-state index contributed by atoms with van der Waals surface area (Å²) in [7, 11) is 0. The van der Waals surface area contributed by atoms with Gasteiger partial charge >= 0.3 is 0 Å². The maximum Gasteiger partial charge on any atom is 0.204 e. The second-order valence-corrected chi connectivity index (χ2v) is 10.2. The van der Waals surface area contributed by atoms with Crippen molar-refractivity contribution in [3.63, 3.8) is 0 Å². The third-order valence-corrected chi connectivity index (χ3v) is 7.58. The Morgan fingerprint density at radius 1 is 0.561 bits per heavy atom. The van der Waals surface area contributed by atoms with Gasteiger partial charge in [0.05, 0.1) is 13.2 Å². The van der Waals surface area contributed by atoms with Crippen LogP contribution in [0.15, 0.2) is 36.4 Å². The molecule has 0 heterocycles. The van der Waals surface area contributed by atoms with Gasteiger partial charge in [0, 0.05) is 5.56 Å². The average Bonchev–Trinajstić information content (AvgIpc) is 2.97. The molecule has 222 valence electrons. The molecule has 3 nitrogen and oxygen atoms in total. The first kappa shape index (κ1) is 30.6. The molecule has 0 amide bonds. The lowest BCUT2D eigenvalue weighted by molar-refractivity contribution is 0.262. The number of ether oxygens (including phenoxy) is 3. The van der Waals surface area contributed by atoms with E-state index in [1.54, 1.807) is 6.92 Å². The summed E-state index contributed by atoms with van der Waals surface area (Å²) in [6, 6.07) is 8.18. The zero-order valence-electron chi connectivity index (χ0n) is 23.2. The number of hydrogen-bond acceptors (Lipinski definition) is 3. The van der Waals surface area contributed by atoms with Crippen LogP contribution in [0.3, 0.4) is 0 Å². The van der Waals surface area contributed by atoms with Crippen molar-refractivity contribution in [3.8, 4) is 17.2 Å². The van der Waals surface area contributed by atoms with Crippen molar-refractivity contribution in [2.45, 2.75) is 77.2 Å². The molecule has 1 saturated carbocycles. The molecule has 3 aromatic carbocycles. The van der Waals surface area contributed by atoms with Gasteiger partial charge in [0.2, 0.25) is 17.5 Å². The van der Waals surface area contributed by atoms with Gasteiger partial charge in [-0.1, -0.05) is 38.0 Å². The molecule has 0 aromatic heterocycles. The molecule has 0 saturated heterocycles. The molecule has 0 radical (unpaired) electrons. The van der Waals surface area contributed by atoms with E-state index in [0.29, 0.717) is 32.1 Å². The van der Waals surface area contributed by atoms with Crippen LogP contribution in [0, 0.1) is 34.9 Å². The Kier molecular flexibility index (Phi) is 10.5. The highest BCUT2D eigenvalue weighted by Crippen LogP contribution is 2.43. The van der Waals surface area contributed by atoms with E-state index in [4.69, 9.17) is 14.2 Å². The SMILES string of the molecule is CCCCCOc1ccc(OCc2ccc(C3CCC(c4ccc(OCC)c(F)c4F)CC3)c(F)c2F)c(F)c1F. The van der Waals surface area contributed by atoms with Crippen LogP contribution in [0.2, 0.25) is 0 Å². The number of rotatable bonds is 12. The third kappa shape index (κ3) is 6.93. The Balaban J connectivity index is 1.38. The van der Waals surface area contributed by atoms with Crippen LogP contribution in [0.25, 0.3) is 0 Å². The van der Waals surface area contributed by atoms with E-state index in [2.05, 4.69) is 0 Å². The summed E-state index contributed by atoms with van der Waals surface area (Å²) in [5, 5.41) is 0. The highest BCUT2D eigenvalue weighted by atomic mass is 19.2. The largest absolute Gasteiger partial charge is 0.491 e. The lowest BCUT2D eigenvalue weighted by Gasteiger charge is -2.30. The van der Waals surface area contributed by atoms with Crippen molar-refractivity contribution >= 4 is 0 Å². The van der Waals surface area contributed by atoms with Crippen molar-refractivity contribution in [3.05, 3.63) is 88.0 Å². The summed E-state index contributed by atoms with van der Waals surface area (Å²) >= 11 is 0. The van der Waals surface area contributed by atoms with Crippen molar-refractivity contribution in [1.82, 2.24) is 0 Å². The minimum Gasteiger partial charge on any atom is -0.491 e. The molecular formula is C32H34F6O3. The lowest BCUT2D eigenvalue weighted by atomic mass is 9.75. The van der Waals surface area contributed by atoms with Crippen molar-refractivity contribution in [1.29, 1.82) is 0 Å². The molecule has 0 spiro atoms. The van der Waals surface area contributed by atoms with Gasteiger partial charge in [0.1, 0.15) is 6.61 Å². The van der Waals surface area contributed by atoms with E-state index in [9.17, 15) is 22.0 Å². The van der Waals surface area contributed by atoms with Crippen LogP contribution in [0.4, 0.5) is 26.3 Å². The normalized spacial score (nSPS) is 17.0. The van der Waals surface area contributed by atoms with Gasteiger partial charge in [0.25, 0.3) is 0 Å². The van der Waals surface area contributed by atoms with E-state index in [0.717, 1.165) is 12.8 Å². The minimum absolute atomic E-state index is 0.138. The molecule has 4 rings (SSSR count). The van der Waals surface area contributed by atoms with E-state index < -0.39 is 47.3 Å². The van der Waals surface area contributed by atoms with E-state index in [-0.39, 0.29) is 53.2 Å². The van der Waals surface area contributed by atoms with Crippen LogP contribution < -0.4 is 14.2 Å². The summed E-state index contributed by atoms with van der Waals surface area (Å²) in [5.41, 5.74) is 0.291. The maximum atomic E-state index is 15.1. The van der Waals surface area contributed by atoms with Crippen LogP contribution in [0.5, 0.6) is 17.2 Å². The fourth-order valence-electron chi connectivity index (χ4n) is 5.30. The van der Waals surface area contributed by atoms with Crippen molar-refractivity contribution in [2.75, 3.05) is 13.2 Å². The second kappa shape index (κ2) is 14.0. The number of halogens is 6. The molecule has 0 bridgehead atoms. The Bertz CT molecular complexity index is 1340. The van der Waals surface area contributed by atoms with Gasteiger partial charge in [0.15, 0.2) is 34.7 Å². The number of hydrogen-bond donors (Lipinski definition) is 0. The van der Waals surface area contributed by atoms with E-state index in [1.807, 2.05) is 6.92 Å². The highest BCUT2D eigenvalue weighted by Gasteiger charge is 2.30. The molecular weight excluding hydrogens is 546 g/mol. The summed E-state index contributed by atoms with van der Waals surface area (Å²) in [4.78, 5) is 0.